The summed E-state index contributed by atoms with van der Waals surface area (Å²) in [5, 5.41) is 3.47. The number of nitrogens with zero attached hydrogens (tertiary/aromatic N) is 1. The fourth-order valence-corrected chi connectivity index (χ4v) is 3.76. The first-order chi connectivity index (χ1) is 9.52. The molecule has 1 aromatic rings. The molecule has 1 aliphatic rings. The van der Waals surface area contributed by atoms with Gasteiger partial charge in [-0.15, -0.1) is 0 Å². The largest absolute Gasteiger partial charge is 0.371 e. The molecule has 0 saturated carbocycles. The van der Waals surface area contributed by atoms with Gasteiger partial charge in [0, 0.05) is 29.3 Å². The molecule has 2 atom stereocenters. The highest BCUT2D eigenvalue weighted by Gasteiger charge is 2.25. The summed E-state index contributed by atoms with van der Waals surface area (Å²) in [4.78, 5) is 2.52. The second-order valence-electron chi connectivity index (χ2n) is 6.22. The Labute approximate surface area is 132 Å². The van der Waals surface area contributed by atoms with Gasteiger partial charge < -0.3 is 10.2 Å². The third-order valence-corrected chi connectivity index (χ3v) is 5.18. The van der Waals surface area contributed by atoms with Gasteiger partial charge in [-0.05, 0) is 49.4 Å². The standard InChI is InChI=1S/C17H27BrN2/c1-5-19-13(4)16-7-6-15(10-17(16)18)20-9-8-14(11-20)12(2)3/h6-7,10,12-14,19H,5,8-9,11H2,1-4H3. The van der Waals surface area contributed by atoms with E-state index in [1.165, 1.54) is 35.2 Å². The molecule has 0 amide bonds. The third-order valence-electron chi connectivity index (χ3n) is 4.49. The predicted octanol–water partition coefficient (Wildman–Crippen LogP) is 4.60. The van der Waals surface area contributed by atoms with Gasteiger partial charge >= 0.3 is 0 Å². The first kappa shape index (κ1) is 15.8. The van der Waals surface area contributed by atoms with Crippen molar-refractivity contribution in [1.82, 2.24) is 5.32 Å². The molecule has 3 heteroatoms. The van der Waals surface area contributed by atoms with Gasteiger partial charge in [-0.1, -0.05) is 42.8 Å². The second kappa shape index (κ2) is 6.95. The fourth-order valence-electron chi connectivity index (χ4n) is 3.05. The Hall–Kier alpha value is -0.540. The maximum Gasteiger partial charge on any atom is 0.0377 e. The minimum atomic E-state index is 0.394. The number of anilines is 1. The molecule has 2 nitrogen and oxygen atoms in total. The Balaban J connectivity index is 2.10. The van der Waals surface area contributed by atoms with E-state index in [9.17, 15) is 0 Å². The SMILES string of the molecule is CCNC(C)c1ccc(N2CCC(C(C)C)C2)cc1Br. The van der Waals surface area contributed by atoms with Crippen LogP contribution in [0.1, 0.15) is 45.7 Å². The normalized spacial score (nSPS) is 20.7. The maximum absolute atomic E-state index is 3.74. The van der Waals surface area contributed by atoms with Crippen LogP contribution in [0.3, 0.4) is 0 Å². The van der Waals surface area contributed by atoms with Crippen molar-refractivity contribution in [1.29, 1.82) is 0 Å². The first-order valence-corrected chi connectivity index (χ1v) is 8.60. The summed E-state index contributed by atoms with van der Waals surface area (Å²) in [6.07, 6.45) is 1.32. The Morgan fingerprint density at radius 2 is 2.10 bits per heavy atom. The highest BCUT2D eigenvalue weighted by Crippen LogP contribution is 2.32. The van der Waals surface area contributed by atoms with Crippen LogP contribution in [-0.4, -0.2) is 19.6 Å². The van der Waals surface area contributed by atoms with E-state index < -0.39 is 0 Å². The molecule has 1 heterocycles. The van der Waals surface area contributed by atoms with E-state index in [0.717, 1.165) is 18.4 Å². The zero-order chi connectivity index (χ0) is 14.7. The lowest BCUT2D eigenvalue weighted by atomic mass is 9.95. The summed E-state index contributed by atoms with van der Waals surface area (Å²) in [5.74, 6) is 1.63. The van der Waals surface area contributed by atoms with Crippen molar-refractivity contribution in [2.45, 2.75) is 40.2 Å². The summed E-state index contributed by atoms with van der Waals surface area (Å²) in [5.41, 5.74) is 2.70. The lowest BCUT2D eigenvalue weighted by Crippen LogP contribution is -2.22. The molecule has 1 saturated heterocycles. The molecule has 20 heavy (non-hydrogen) atoms. The molecule has 2 rings (SSSR count). The molecule has 1 fully saturated rings. The van der Waals surface area contributed by atoms with E-state index in [0.29, 0.717) is 6.04 Å². The van der Waals surface area contributed by atoms with Gasteiger partial charge in [0.05, 0.1) is 0 Å². The van der Waals surface area contributed by atoms with Crippen molar-refractivity contribution >= 4 is 21.6 Å². The van der Waals surface area contributed by atoms with Gasteiger partial charge in [0.25, 0.3) is 0 Å². The average molecular weight is 339 g/mol. The average Bonchev–Trinajstić information content (AvgIpc) is 2.88. The summed E-state index contributed by atoms with van der Waals surface area (Å²) < 4.78 is 1.22. The van der Waals surface area contributed by atoms with E-state index in [4.69, 9.17) is 0 Å². The van der Waals surface area contributed by atoms with Crippen LogP contribution in [0.25, 0.3) is 0 Å². The van der Waals surface area contributed by atoms with Gasteiger partial charge in [-0.3, -0.25) is 0 Å². The van der Waals surface area contributed by atoms with E-state index in [1.54, 1.807) is 0 Å². The lowest BCUT2D eigenvalue weighted by molar-refractivity contribution is 0.423. The van der Waals surface area contributed by atoms with Gasteiger partial charge in [-0.2, -0.15) is 0 Å². The van der Waals surface area contributed by atoms with Crippen molar-refractivity contribution in [3.8, 4) is 0 Å². The first-order valence-electron chi connectivity index (χ1n) is 7.80. The summed E-state index contributed by atoms with van der Waals surface area (Å²) >= 11 is 3.74. The molecule has 0 aromatic heterocycles. The number of nitrogens with one attached hydrogen (secondary N) is 1. The maximum atomic E-state index is 3.74. The van der Waals surface area contributed by atoms with Crippen LogP contribution < -0.4 is 10.2 Å². The minimum Gasteiger partial charge on any atom is -0.371 e. The number of hydrogen-bond donors (Lipinski definition) is 1. The molecule has 0 aliphatic carbocycles. The van der Waals surface area contributed by atoms with Crippen LogP contribution in [0.2, 0.25) is 0 Å². The molecular formula is C17H27BrN2. The minimum absolute atomic E-state index is 0.394. The van der Waals surface area contributed by atoms with Crippen molar-refractivity contribution in [2.24, 2.45) is 11.8 Å². The van der Waals surface area contributed by atoms with Crippen LogP contribution >= 0.6 is 15.9 Å². The van der Waals surface area contributed by atoms with Crippen LogP contribution in [0.15, 0.2) is 22.7 Å². The number of rotatable bonds is 5. The van der Waals surface area contributed by atoms with E-state index in [2.05, 4.69) is 72.0 Å². The smallest absolute Gasteiger partial charge is 0.0377 e. The quantitative estimate of drug-likeness (QED) is 0.843. The van der Waals surface area contributed by atoms with Crippen molar-refractivity contribution in [2.75, 3.05) is 24.5 Å². The molecule has 0 radical (unpaired) electrons. The van der Waals surface area contributed by atoms with Crippen LogP contribution in [0, 0.1) is 11.8 Å². The third kappa shape index (κ3) is 3.56. The second-order valence-corrected chi connectivity index (χ2v) is 7.08. The molecule has 1 aromatic carbocycles. The molecule has 0 bridgehead atoms. The topological polar surface area (TPSA) is 15.3 Å². The molecular weight excluding hydrogens is 312 g/mol. The number of benzene rings is 1. The predicted molar refractivity (Wildman–Crippen MR) is 91.4 cm³/mol. The van der Waals surface area contributed by atoms with E-state index in [-0.39, 0.29) is 0 Å². The monoisotopic (exact) mass is 338 g/mol. The molecule has 1 aliphatic heterocycles. The zero-order valence-electron chi connectivity index (χ0n) is 13.1. The highest BCUT2D eigenvalue weighted by molar-refractivity contribution is 9.10. The van der Waals surface area contributed by atoms with Crippen LogP contribution in [0.5, 0.6) is 0 Å². The Morgan fingerprint density at radius 3 is 2.65 bits per heavy atom. The van der Waals surface area contributed by atoms with Crippen molar-refractivity contribution in [3.05, 3.63) is 28.2 Å². The number of halogens is 1. The van der Waals surface area contributed by atoms with Gasteiger partial charge in [-0.25, -0.2) is 0 Å². The highest BCUT2D eigenvalue weighted by atomic mass is 79.9. The number of hydrogen-bond acceptors (Lipinski definition) is 2. The van der Waals surface area contributed by atoms with Crippen LogP contribution in [0.4, 0.5) is 5.69 Å². The molecule has 2 unspecified atom stereocenters. The Kier molecular flexibility index (Phi) is 5.50. The van der Waals surface area contributed by atoms with Gasteiger partial charge in [0.2, 0.25) is 0 Å². The van der Waals surface area contributed by atoms with Gasteiger partial charge in [0.1, 0.15) is 0 Å². The Morgan fingerprint density at radius 1 is 1.35 bits per heavy atom. The summed E-state index contributed by atoms with van der Waals surface area (Å²) in [7, 11) is 0. The molecule has 0 spiro atoms. The lowest BCUT2D eigenvalue weighted by Gasteiger charge is -2.22. The van der Waals surface area contributed by atoms with E-state index >= 15 is 0 Å². The van der Waals surface area contributed by atoms with E-state index in [1.807, 2.05) is 0 Å². The molecule has 112 valence electrons. The van der Waals surface area contributed by atoms with Crippen molar-refractivity contribution in [3.63, 3.8) is 0 Å². The Bertz CT molecular complexity index is 445. The summed E-state index contributed by atoms with van der Waals surface area (Å²) in [6, 6.07) is 7.21. The fraction of sp³-hybridized carbons (Fsp3) is 0.647. The zero-order valence-corrected chi connectivity index (χ0v) is 14.7. The summed E-state index contributed by atoms with van der Waals surface area (Å²) in [6.45, 7) is 12.4. The van der Waals surface area contributed by atoms with Crippen LogP contribution in [-0.2, 0) is 0 Å². The van der Waals surface area contributed by atoms with Crippen molar-refractivity contribution < 1.29 is 0 Å². The van der Waals surface area contributed by atoms with Gasteiger partial charge in [0.15, 0.2) is 0 Å². The molecule has 1 N–H and O–H groups in total.